The molecule has 2 N–H and O–H groups in total. The molecule has 23 heavy (non-hydrogen) atoms. The van der Waals surface area contributed by atoms with Gasteiger partial charge in [0.05, 0.1) is 12.6 Å². The van der Waals surface area contributed by atoms with E-state index in [0.717, 1.165) is 23.0 Å². The van der Waals surface area contributed by atoms with Crippen molar-refractivity contribution in [1.82, 2.24) is 15.5 Å². The highest BCUT2D eigenvalue weighted by Crippen LogP contribution is 2.27. The van der Waals surface area contributed by atoms with Crippen molar-refractivity contribution < 1.29 is 4.79 Å². The Balaban J connectivity index is 0.00000242. The SMILES string of the molecule is CN(C)C(CNC(=O)CNCC1CC1)c1ccccc1Cl.Cl.Cl. The van der Waals surface area contributed by atoms with Gasteiger partial charge >= 0.3 is 0 Å². The maximum atomic E-state index is 11.9. The lowest BCUT2D eigenvalue weighted by molar-refractivity contribution is -0.120. The Bertz CT molecular complexity index is 481. The molecular weight excluding hydrogens is 357 g/mol. The Kier molecular flexibility index (Phi) is 10.9. The fraction of sp³-hybridized carbons (Fsp3) is 0.562. The van der Waals surface area contributed by atoms with Gasteiger partial charge in [-0.3, -0.25) is 4.79 Å². The molecule has 0 spiro atoms. The number of hydrogen-bond donors (Lipinski definition) is 2. The van der Waals surface area contributed by atoms with E-state index in [2.05, 4.69) is 15.5 Å². The number of benzene rings is 1. The molecular formula is C16H26Cl3N3O. The standard InChI is InChI=1S/C16H24ClN3O.2ClH/c1-20(2)15(13-5-3-4-6-14(13)17)10-19-16(21)11-18-9-12-7-8-12;;/h3-6,12,15,18H,7-11H2,1-2H3,(H,19,21);2*1H. The zero-order valence-corrected chi connectivity index (χ0v) is 15.9. The molecule has 0 saturated heterocycles. The number of carbonyl (C=O) groups is 1. The van der Waals surface area contributed by atoms with E-state index in [0.29, 0.717) is 13.1 Å². The summed E-state index contributed by atoms with van der Waals surface area (Å²) in [5.41, 5.74) is 1.04. The Morgan fingerprint density at radius 2 is 1.96 bits per heavy atom. The molecule has 1 aromatic carbocycles. The molecule has 1 aromatic rings. The largest absolute Gasteiger partial charge is 0.353 e. The summed E-state index contributed by atoms with van der Waals surface area (Å²) in [4.78, 5) is 13.9. The molecule has 1 amide bonds. The summed E-state index contributed by atoms with van der Waals surface area (Å²) in [5.74, 6) is 0.824. The maximum Gasteiger partial charge on any atom is 0.234 e. The van der Waals surface area contributed by atoms with Gasteiger partial charge < -0.3 is 15.5 Å². The molecule has 132 valence electrons. The van der Waals surface area contributed by atoms with Crippen LogP contribution in [-0.4, -0.2) is 44.5 Å². The summed E-state index contributed by atoms with van der Waals surface area (Å²) in [5, 5.41) is 6.92. The summed E-state index contributed by atoms with van der Waals surface area (Å²) in [6.45, 7) is 1.90. The van der Waals surface area contributed by atoms with Gasteiger partial charge in [-0.05, 0) is 51.0 Å². The second-order valence-corrected chi connectivity index (χ2v) is 6.29. The third-order valence-corrected chi connectivity index (χ3v) is 4.14. The number of hydrogen-bond acceptors (Lipinski definition) is 3. The number of carbonyl (C=O) groups excluding carboxylic acids is 1. The van der Waals surface area contributed by atoms with Crippen LogP contribution in [0.4, 0.5) is 0 Å². The van der Waals surface area contributed by atoms with E-state index in [1.54, 1.807) is 0 Å². The highest BCUT2D eigenvalue weighted by atomic mass is 35.5. The molecule has 1 unspecified atom stereocenters. The summed E-state index contributed by atoms with van der Waals surface area (Å²) >= 11 is 6.25. The molecule has 0 heterocycles. The normalized spacial score (nSPS) is 14.6. The lowest BCUT2D eigenvalue weighted by atomic mass is 10.1. The van der Waals surface area contributed by atoms with Gasteiger partial charge in [0.25, 0.3) is 0 Å². The van der Waals surface area contributed by atoms with Crippen molar-refractivity contribution in [2.24, 2.45) is 5.92 Å². The first-order valence-electron chi connectivity index (χ1n) is 7.46. The van der Waals surface area contributed by atoms with Gasteiger partial charge in [-0.25, -0.2) is 0 Å². The second kappa shape index (κ2) is 11.1. The van der Waals surface area contributed by atoms with Crippen molar-refractivity contribution in [3.8, 4) is 0 Å². The summed E-state index contributed by atoms with van der Waals surface area (Å²) in [6, 6.07) is 7.85. The number of nitrogens with zero attached hydrogens (tertiary/aromatic N) is 1. The lowest BCUT2D eigenvalue weighted by Gasteiger charge is -2.26. The van der Waals surface area contributed by atoms with E-state index < -0.39 is 0 Å². The van der Waals surface area contributed by atoms with Crippen molar-refractivity contribution in [2.75, 3.05) is 33.7 Å². The first-order chi connectivity index (χ1) is 10.1. The Morgan fingerprint density at radius 3 is 2.52 bits per heavy atom. The van der Waals surface area contributed by atoms with E-state index in [1.807, 2.05) is 38.4 Å². The molecule has 7 heteroatoms. The second-order valence-electron chi connectivity index (χ2n) is 5.88. The highest BCUT2D eigenvalue weighted by molar-refractivity contribution is 6.31. The van der Waals surface area contributed by atoms with Crippen LogP contribution in [-0.2, 0) is 4.79 Å². The van der Waals surface area contributed by atoms with Gasteiger partial charge in [0.1, 0.15) is 0 Å². The summed E-state index contributed by atoms with van der Waals surface area (Å²) in [6.07, 6.45) is 2.59. The fourth-order valence-corrected chi connectivity index (χ4v) is 2.56. The molecule has 1 fully saturated rings. The van der Waals surface area contributed by atoms with Crippen LogP contribution in [0.5, 0.6) is 0 Å². The van der Waals surface area contributed by atoms with Crippen LogP contribution in [0, 0.1) is 5.92 Å². The monoisotopic (exact) mass is 381 g/mol. The Hall–Kier alpha value is -0.520. The quantitative estimate of drug-likeness (QED) is 0.726. The first-order valence-corrected chi connectivity index (χ1v) is 7.84. The number of rotatable bonds is 8. The van der Waals surface area contributed by atoms with Crippen LogP contribution >= 0.6 is 36.4 Å². The van der Waals surface area contributed by atoms with Crippen LogP contribution in [0.1, 0.15) is 24.4 Å². The molecule has 2 rings (SSSR count). The number of halogens is 3. The number of likely N-dealkylation sites (N-methyl/N-ethyl adjacent to an activating group) is 1. The molecule has 1 atom stereocenters. The number of amides is 1. The van der Waals surface area contributed by atoms with E-state index in [9.17, 15) is 4.79 Å². The van der Waals surface area contributed by atoms with Crippen molar-refractivity contribution in [2.45, 2.75) is 18.9 Å². The van der Waals surface area contributed by atoms with Crippen LogP contribution in [0.25, 0.3) is 0 Å². The first kappa shape index (κ1) is 22.5. The van der Waals surface area contributed by atoms with Gasteiger partial charge in [0.2, 0.25) is 5.91 Å². The van der Waals surface area contributed by atoms with Gasteiger partial charge in [0.15, 0.2) is 0 Å². The van der Waals surface area contributed by atoms with Gasteiger partial charge in [0, 0.05) is 11.6 Å². The lowest BCUT2D eigenvalue weighted by Crippen LogP contribution is -2.39. The minimum absolute atomic E-state index is 0. The molecule has 0 radical (unpaired) electrons. The molecule has 4 nitrogen and oxygen atoms in total. The minimum Gasteiger partial charge on any atom is -0.353 e. The molecule has 1 aliphatic carbocycles. The zero-order valence-electron chi connectivity index (χ0n) is 13.5. The third kappa shape index (κ3) is 7.73. The number of nitrogens with one attached hydrogen (secondary N) is 2. The summed E-state index contributed by atoms with van der Waals surface area (Å²) < 4.78 is 0. The molecule has 0 aliphatic heterocycles. The van der Waals surface area contributed by atoms with Crippen molar-refractivity contribution in [1.29, 1.82) is 0 Å². The average molecular weight is 383 g/mol. The van der Waals surface area contributed by atoms with Crippen LogP contribution in [0.2, 0.25) is 5.02 Å². The highest BCUT2D eigenvalue weighted by Gasteiger charge is 2.21. The zero-order chi connectivity index (χ0) is 15.2. The van der Waals surface area contributed by atoms with E-state index >= 15 is 0 Å². The Labute approximate surface area is 156 Å². The molecule has 1 saturated carbocycles. The summed E-state index contributed by atoms with van der Waals surface area (Å²) in [7, 11) is 3.98. The minimum atomic E-state index is 0. The average Bonchev–Trinajstić information content (AvgIpc) is 3.25. The van der Waals surface area contributed by atoms with Gasteiger partial charge in [-0.1, -0.05) is 29.8 Å². The van der Waals surface area contributed by atoms with Crippen molar-refractivity contribution in [3.63, 3.8) is 0 Å². The van der Waals surface area contributed by atoms with Crippen LogP contribution in [0.3, 0.4) is 0 Å². The molecule has 0 aromatic heterocycles. The maximum absolute atomic E-state index is 11.9. The van der Waals surface area contributed by atoms with Crippen molar-refractivity contribution >= 4 is 42.3 Å². The molecule has 1 aliphatic rings. The Morgan fingerprint density at radius 1 is 1.30 bits per heavy atom. The van der Waals surface area contributed by atoms with E-state index in [-0.39, 0.29) is 36.8 Å². The third-order valence-electron chi connectivity index (χ3n) is 3.80. The van der Waals surface area contributed by atoms with Gasteiger partial charge in [-0.2, -0.15) is 0 Å². The van der Waals surface area contributed by atoms with Crippen LogP contribution < -0.4 is 10.6 Å². The van der Waals surface area contributed by atoms with E-state index in [4.69, 9.17) is 11.6 Å². The predicted octanol–water partition coefficient (Wildman–Crippen LogP) is 2.90. The fourth-order valence-electron chi connectivity index (χ4n) is 2.30. The topological polar surface area (TPSA) is 44.4 Å². The van der Waals surface area contributed by atoms with Crippen molar-refractivity contribution in [3.05, 3.63) is 34.9 Å². The molecule has 0 bridgehead atoms. The van der Waals surface area contributed by atoms with E-state index in [1.165, 1.54) is 12.8 Å². The predicted molar refractivity (Wildman–Crippen MR) is 101 cm³/mol. The van der Waals surface area contributed by atoms with Crippen LogP contribution in [0.15, 0.2) is 24.3 Å². The van der Waals surface area contributed by atoms with Gasteiger partial charge in [-0.15, -0.1) is 24.8 Å². The smallest absolute Gasteiger partial charge is 0.234 e.